The Balaban J connectivity index is 0.000000334. The molecule has 0 aliphatic carbocycles. The largest absolute Gasteiger partial charge is 0.397 e. The number of nitrogens with zero attached hydrogens (tertiary/aromatic N) is 3. The molecule has 0 spiro atoms. The SMILES string of the molecule is Br.CCO.Cc1ccccc1NC(N)=S.Cc1ccccc1Nc1nc(-c2ccccn2)cs1.O=C(CBr)c1ccccn1. The molecule has 8 nitrogen and oxygen atoms in total. The number of aryl methyl sites for hydroxylation is 2. The van der Waals surface area contributed by atoms with Crippen LogP contribution in [-0.2, 0) is 0 Å². The van der Waals surface area contributed by atoms with E-state index in [2.05, 4.69) is 60.6 Å². The van der Waals surface area contributed by atoms with Crippen LogP contribution in [0.5, 0.6) is 0 Å². The normalized spacial score (nSPS) is 9.30. The highest BCUT2D eigenvalue weighted by Crippen LogP contribution is 2.27. The van der Waals surface area contributed by atoms with Gasteiger partial charge in [-0.15, -0.1) is 28.3 Å². The number of alkyl halides is 1. The summed E-state index contributed by atoms with van der Waals surface area (Å²) in [7, 11) is 0. The molecule has 0 radical (unpaired) electrons. The second kappa shape index (κ2) is 22.0. The number of carbonyl (C=O) groups excluding carboxylic acids is 1. The van der Waals surface area contributed by atoms with Gasteiger partial charge in [0.05, 0.1) is 11.0 Å². The first-order chi connectivity index (χ1) is 20.8. The summed E-state index contributed by atoms with van der Waals surface area (Å²) in [5.41, 5.74) is 12.0. The molecule has 0 unspecified atom stereocenters. The van der Waals surface area contributed by atoms with Gasteiger partial charge >= 0.3 is 0 Å². The van der Waals surface area contributed by atoms with Crippen molar-refractivity contribution in [1.82, 2.24) is 15.0 Å². The van der Waals surface area contributed by atoms with E-state index in [9.17, 15) is 4.79 Å². The molecule has 0 fully saturated rings. The third-order valence-corrected chi connectivity index (χ3v) is 6.66. The number of para-hydroxylation sites is 2. The molecule has 0 saturated carbocycles. The zero-order chi connectivity index (χ0) is 31.5. The van der Waals surface area contributed by atoms with Gasteiger partial charge in [0.15, 0.2) is 16.0 Å². The number of hydrogen-bond donors (Lipinski definition) is 4. The number of halogens is 2. The summed E-state index contributed by atoms with van der Waals surface area (Å²) < 4.78 is 0. The predicted molar refractivity (Wildman–Crippen MR) is 197 cm³/mol. The highest BCUT2D eigenvalue weighted by atomic mass is 79.9. The van der Waals surface area contributed by atoms with Crippen molar-refractivity contribution >= 4 is 83.9 Å². The highest BCUT2D eigenvalue weighted by Gasteiger charge is 2.06. The number of aliphatic hydroxyl groups is 1. The average Bonchev–Trinajstić information content (AvgIpc) is 3.49. The molecule has 5 rings (SSSR count). The van der Waals surface area contributed by atoms with Crippen LogP contribution in [0.4, 0.5) is 16.5 Å². The number of anilines is 3. The smallest absolute Gasteiger partial charge is 0.191 e. The summed E-state index contributed by atoms with van der Waals surface area (Å²) in [5, 5.41) is 17.3. The monoisotopic (exact) mass is 758 g/mol. The molecular formula is C32H36Br2N6O2S2. The number of carbonyl (C=O) groups is 1. The number of pyridine rings is 2. The molecule has 0 saturated heterocycles. The van der Waals surface area contributed by atoms with Gasteiger partial charge in [-0.25, -0.2) is 4.98 Å². The molecule has 0 amide bonds. The van der Waals surface area contributed by atoms with Crippen LogP contribution in [0.2, 0.25) is 0 Å². The van der Waals surface area contributed by atoms with Gasteiger partial charge in [-0.2, -0.15) is 0 Å². The predicted octanol–water partition coefficient (Wildman–Crippen LogP) is 8.14. The first-order valence-corrected chi connectivity index (χ1v) is 15.6. The fraction of sp³-hybridized carbons (Fsp3) is 0.156. The van der Waals surface area contributed by atoms with Crippen LogP contribution >= 0.6 is 56.5 Å². The molecule has 5 N–H and O–H groups in total. The molecule has 0 bridgehead atoms. The van der Waals surface area contributed by atoms with Gasteiger partial charge < -0.3 is 21.5 Å². The van der Waals surface area contributed by atoms with Crippen molar-refractivity contribution in [2.75, 3.05) is 22.6 Å². The number of Topliss-reactive ketones (excluding diaryl/α,β-unsaturated/α-hetero) is 1. The molecule has 0 aliphatic rings. The van der Waals surface area contributed by atoms with E-state index >= 15 is 0 Å². The Bertz CT molecular complexity index is 1540. The average molecular weight is 761 g/mol. The molecule has 3 heterocycles. The van der Waals surface area contributed by atoms with E-state index in [0.717, 1.165) is 33.5 Å². The lowest BCUT2D eigenvalue weighted by molar-refractivity contribution is 0.101. The van der Waals surface area contributed by atoms with Gasteiger partial charge in [-0.1, -0.05) is 64.5 Å². The van der Waals surface area contributed by atoms with Crippen LogP contribution < -0.4 is 16.4 Å². The van der Waals surface area contributed by atoms with Crippen molar-refractivity contribution in [1.29, 1.82) is 0 Å². The van der Waals surface area contributed by atoms with Crippen LogP contribution in [0.25, 0.3) is 11.4 Å². The van der Waals surface area contributed by atoms with Crippen LogP contribution in [0.15, 0.2) is 103 Å². The number of aliphatic hydroxyl groups excluding tert-OH is 1. The third kappa shape index (κ3) is 14.3. The Morgan fingerprint density at radius 3 is 1.93 bits per heavy atom. The minimum atomic E-state index is 0. The molecule has 12 heteroatoms. The van der Waals surface area contributed by atoms with Crippen molar-refractivity contribution in [2.45, 2.75) is 20.8 Å². The molecule has 2 aromatic carbocycles. The zero-order valence-electron chi connectivity index (χ0n) is 24.6. The third-order valence-electron chi connectivity index (χ3n) is 5.29. The Kier molecular flexibility index (Phi) is 19.3. The van der Waals surface area contributed by atoms with Gasteiger partial charge in [0.2, 0.25) is 0 Å². The van der Waals surface area contributed by atoms with E-state index in [1.165, 1.54) is 5.56 Å². The van der Waals surface area contributed by atoms with E-state index < -0.39 is 0 Å². The number of nitrogens with two attached hydrogens (primary N) is 1. The number of ketones is 1. The second-order valence-corrected chi connectivity index (χ2v) is 10.4. The van der Waals surface area contributed by atoms with E-state index in [1.807, 2.05) is 66.9 Å². The lowest BCUT2D eigenvalue weighted by Gasteiger charge is -2.05. The molecular weight excluding hydrogens is 724 g/mol. The summed E-state index contributed by atoms with van der Waals surface area (Å²) in [6.07, 6.45) is 3.39. The molecule has 5 aromatic rings. The lowest BCUT2D eigenvalue weighted by atomic mass is 10.2. The van der Waals surface area contributed by atoms with Crippen molar-refractivity contribution in [3.8, 4) is 11.4 Å². The Labute approximate surface area is 287 Å². The number of rotatable bonds is 6. The fourth-order valence-corrected chi connectivity index (χ4v) is 4.35. The van der Waals surface area contributed by atoms with Gasteiger partial charge in [-0.05, 0) is 80.5 Å². The van der Waals surface area contributed by atoms with E-state index in [4.69, 9.17) is 23.1 Å². The Morgan fingerprint density at radius 1 is 0.886 bits per heavy atom. The summed E-state index contributed by atoms with van der Waals surface area (Å²) in [5.74, 6) is 0.0144. The second-order valence-electron chi connectivity index (χ2n) is 8.58. The number of thiazole rings is 1. The molecule has 44 heavy (non-hydrogen) atoms. The molecule has 3 aromatic heterocycles. The van der Waals surface area contributed by atoms with Crippen molar-refractivity contribution in [3.05, 3.63) is 120 Å². The number of benzene rings is 2. The lowest BCUT2D eigenvalue weighted by Crippen LogP contribution is -2.19. The summed E-state index contributed by atoms with van der Waals surface area (Å²) in [4.78, 5) is 23.6. The van der Waals surface area contributed by atoms with E-state index in [-0.39, 0.29) is 29.4 Å². The summed E-state index contributed by atoms with van der Waals surface area (Å²) >= 11 is 9.35. The van der Waals surface area contributed by atoms with E-state index in [0.29, 0.717) is 16.1 Å². The maximum absolute atomic E-state index is 10.9. The maximum Gasteiger partial charge on any atom is 0.191 e. The summed E-state index contributed by atoms with van der Waals surface area (Å²) in [6, 6.07) is 27.1. The molecule has 0 atom stereocenters. The van der Waals surface area contributed by atoms with Gasteiger partial charge in [-0.3, -0.25) is 14.8 Å². The van der Waals surface area contributed by atoms with Crippen molar-refractivity contribution < 1.29 is 9.90 Å². The maximum atomic E-state index is 10.9. The standard InChI is InChI=1S/C15H13N3S.C8H10N2S.C7H6BrNO.C2H6O.BrH/c1-11-6-2-3-7-12(11)17-15-18-14(10-19-15)13-8-4-5-9-16-13;1-6-4-2-3-5-7(6)10-8(9)11;8-5-7(10)6-3-1-2-4-9-6;1-2-3;/h2-10H,1H3,(H,17,18);2-5H,1H3,(H3,9,10,11);1-4H,5H2;3H,2H2,1H3;1H. The number of thiocarbonyl (C=S) groups is 1. The van der Waals surface area contributed by atoms with Crippen LogP contribution in [-0.4, -0.2) is 42.9 Å². The minimum absolute atomic E-state index is 0. The quantitative estimate of drug-likeness (QED) is 0.0771. The van der Waals surface area contributed by atoms with Gasteiger partial charge in [0.25, 0.3) is 0 Å². The van der Waals surface area contributed by atoms with Crippen LogP contribution in [0.1, 0.15) is 28.5 Å². The van der Waals surface area contributed by atoms with Gasteiger partial charge in [0, 0.05) is 35.8 Å². The van der Waals surface area contributed by atoms with Crippen LogP contribution in [0, 0.1) is 13.8 Å². The number of hydrogen-bond acceptors (Lipinski definition) is 8. The minimum Gasteiger partial charge on any atom is -0.397 e. The van der Waals surface area contributed by atoms with Crippen LogP contribution in [0.3, 0.4) is 0 Å². The van der Waals surface area contributed by atoms with Crippen molar-refractivity contribution in [2.24, 2.45) is 5.73 Å². The Hall–Kier alpha value is -3.55. The topological polar surface area (TPSA) is 126 Å². The van der Waals surface area contributed by atoms with Gasteiger partial charge in [0.1, 0.15) is 11.4 Å². The highest BCUT2D eigenvalue weighted by molar-refractivity contribution is 9.09. The zero-order valence-corrected chi connectivity index (χ0v) is 29.5. The fourth-order valence-electron chi connectivity index (χ4n) is 3.23. The number of aromatic nitrogens is 3. The first kappa shape index (κ1) is 38.5. The molecule has 232 valence electrons. The molecule has 0 aliphatic heterocycles. The Morgan fingerprint density at radius 2 is 1.43 bits per heavy atom. The van der Waals surface area contributed by atoms with E-state index in [1.54, 1.807) is 48.9 Å². The number of nitrogens with one attached hydrogen (secondary N) is 2. The first-order valence-electron chi connectivity index (χ1n) is 13.2. The van der Waals surface area contributed by atoms with Crippen molar-refractivity contribution in [3.63, 3.8) is 0 Å². The summed E-state index contributed by atoms with van der Waals surface area (Å²) in [6.45, 7) is 6.01.